The smallest absolute Gasteiger partial charge is 0.201 e. The summed E-state index contributed by atoms with van der Waals surface area (Å²) in [5.41, 5.74) is 10.6. The molecule has 0 radical (unpaired) electrons. The van der Waals surface area contributed by atoms with Gasteiger partial charge in [-0.05, 0) is 30.2 Å². The number of nitrogen functional groups attached to an aromatic ring is 1. The predicted octanol–water partition coefficient (Wildman–Crippen LogP) is 2.93. The van der Waals surface area contributed by atoms with Crippen molar-refractivity contribution in [2.75, 3.05) is 5.73 Å². The standard InChI is InChI=1S/C17H17N3O/c1-11-5-4-7-14-16(11)20(17(18)19-14)10-13-9-12-6-2-3-8-15(12)21-13/h2-8,13H,9-10H2,1H3,(H2,18,19). The van der Waals surface area contributed by atoms with Crippen molar-refractivity contribution in [1.82, 2.24) is 9.55 Å². The fourth-order valence-electron chi connectivity index (χ4n) is 3.13. The molecule has 4 nitrogen and oxygen atoms in total. The molecule has 0 amide bonds. The third kappa shape index (κ3) is 1.95. The van der Waals surface area contributed by atoms with Gasteiger partial charge in [0, 0.05) is 6.42 Å². The van der Waals surface area contributed by atoms with E-state index in [1.165, 1.54) is 11.1 Å². The lowest BCUT2D eigenvalue weighted by Gasteiger charge is -2.14. The quantitative estimate of drug-likeness (QED) is 0.784. The number of hydrogen-bond donors (Lipinski definition) is 1. The van der Waals surface area contributed by atoms with Crippen LogP contribution in [0.3, 0.4) is 0 Å². The van der Waals surface area contributed by atoms with Crippen molar-refractivity contribution in [2.24, 2.45) is 0 Å². The first-order valence-corrected chi connectivity index (χ1v) is 7.18. The van der Waals surface area contributed by atoms with Crippen LogP contribution in [-0.4, -0.2) is 15.7 Å². The summed E-state index contributed by atoms with van der Waals surface area (Å²) < 4.78 is 8.09. The molecule has 0 fully saturated rings. The molecule has 4 rings (SSSR count). The maximum Gasteiger partial charge on any atom is 0.201 e. The van der Waals surface area contributed by atoms with Crippen LogP contribution in [0.1, 0.15) is 11.1 Å². The summed E-state index contributed by atoms with van der Waals surface area (Å²) in [5, 5.41) is 0. The number of benzene rings is 2. The average Bonchev–Trinajstić information content (AvgIpc) is 3.01. The molecular formula is C17H17N3O. The monoisotopic (exact) mass is 279 g/mol. The lowest BCUT2D eigenvalue weighted by molar-refractivity contribution is 0.211. The average molecular weight is 279 g/mol. The number of aryl methyl sites for hydroxylation is 1. The van der Waals surface area contributed by atoms with Gasteiger partial charge >= 0.3 is 0 Å². The van der Waals surface area contributed by atoms with Crippen molar-refractivity contribution in [1.29, 1.82) is 0 Å². The van der Waals surface area contributed by atoms with E-state index in [0.717, 1.165) is 29.7 Å². The number of nitrogens with two attached hydrogens (primary N) is 1. The Morgan fingerprint density at radius 1 is 1.24 bits per heavy atom. The van der Waals surface area contributed by atoms with Crippen molar-refractivity contribution < 1.29 is 4.74 Å². The van der Waals surface area contributed by atoms with E-state index in [9.17, 15) is 0 Å². The van der Waals surface area contributed by atoms with Gasteiger partial charge in [0.25, 0.3) is 0 Å². The number of para-hydroxylation sites is 2. The zero-order valence-electron chi connectivity index (χ0n) is 11.9. The van der Waals surface area contributed by atoms with Gasteiger partial charge in [0.2, 0.25) is 5.95 Å². The Morgan fingerprint density at radius 2 is 2.10 bits per heavy atom. The summed E-state index contributed by atoms with van der Waals surface area (Å²) in [6, 6.07) is 14.3. The number of rotatable bonds is 2. The summed E-state index contributed by atoms with van der Waals surface area (Å²) in [5.74, 6) is 1.54. The van der Waals surface area contributed by atoms with Crippen LogP contribution in [0.25, 0.3) is 11.0 Å². The molecule has 1 aliphatic heterocycles. The first-order valence-electron chi connectivity index (χ1n) is 7.18. The Bertz CT molecular complexity index is 797. The van der Waals surface area contributed by atoms with Crippen molar-refractivity contribution in [3.8, 4) is 5.75 Å². The Balaban J connectivity index is 1.69. The minimum Gasteiger partial charge on any atom is -0.488 e. The van der Waals surface area contributed by atoms with E-state index in [1.807, 2.05) is 24.3 Å². The number of fused-ring (bicyclic) bond motifs is 2. The van der Waals surface area contributed by atoms with E-state index < -0.39 is 0 Å². The molecule has 1 aliphatic rings. The van der Waals surface area contributed by atoms with Crippen molar-refractivity contribution in [3.63, 3.8) is 0 Å². The van der Waals surface area contributed by atoms with E-state index in [2.05, 4.69) is 34.7 Å². The molecule has 1 atom stereocenters. The Kier molecular flexibility index (Phi) is 2.64. The van der Waals surface area contributed by atoms with Crippen molar-refractivity contribution >= 4 is 17.0 Å². The predicted molar refractivity (Wildman–Crippen MR) is 83.4 cm³/mol. The first-order chi connectivity index (χ1) is 10.2. The van der Waals surface area contributed by atoms with Gasteiger partial charge in [0.15, 0.2) is 0 Å². The number of anilines is 1. The molecule has 4 heteroatoms. The zero-order valence-corrected chi connectivity index (χ0v) is 11.9. The number of hydrogen-bond acceptors (Lipinski definition) is 3. The molecule has 0 saturated carbocycles. The van der Waals surface area contributed by atoms with E-state index >= 15 is 0 Å². The second-order valence-corrected chi connectivity index (χ2v) is 5.57. The molecule has 1 aromatic heterocycles. The molecule has 2 heterocycles. The molecule has 21 heavy (non-hydrogen) atoms. The van der Waals surface area contributed by atoms with Gasteiger partial charge in [-0.15, -0.1) is 0 Å². The van der Waals surface area contributed by atoms with Crippen LogP contribution in [0.2, 0.25) is 0 Å². The van der Waals surface area contributed by atoms with Crippen LogP contribution >= 0.6 is 0 Å². The van der Waals surface area contributed by atoms with Crippen LogP contribution in [0.4, 0.5) is 5.95 Å². The van der Waals surface area contributed by atoms with Crippen molar-refractivity contribution in [3.05, 3.63) is 53.6 Å². The van der Waals surface area contributed by atoms with Crippen LogP contribution in [0.15, 0.2) is 42.5 Å². The van der Waals surface area contributed by atoms with Gasteiger partial charge in [-0.2, -0.15) is 0 Å². The van der Waals surface area contributed by atoms with Crippen LogP contribution < -0.4 is 10.5 Å². The maximum absolute atomic E-state index is 6.10. The third-order valence-electron chi connectivity index (χ3n) is 4.10. The number of aromatic nitrogens is 2. The Morgan fingerprint density at radius 3 is 2.95 bits per heavy atom. The maximum atomic E-state index is 6.10. The summed E-state index contributed by atoms with van der Waals surface area (Å²) >= 11 is 0. The topological polar surface area (TPSA) is 53.1 Å². The minimum atomic E-state index is 0.113. The van der Waals surface area contributed by atoms with Gasteiger partial charge in [-0.25, -0.2) is 4.98 Å². The highest BCUT2D eigenvalue weighted by atomic mass is 16.5. The highest BCUT2D eigenvalue weighted by Crippen LogP contribution is 2.30. The SMILES string of the molecule is Cc1cccc2nc(N)n(CC3Cc4ccccc4O3)c12. The van der Waals surface area contributed by atoms with Gasteiger partial charge in [0.1, 0.15) is 11.9 Å². The van der Waals surface area contributed by atoms with E-state index in [-0.39, 0.29) is 6.10 Å². The van der Waals surface area contributed by atoms with E-state index in [1.54, 1.807) is 0 Å². The number of ether oxygens (including phenoxy) is 1. The summed E-state index contributed by atoms with van der Waals surface area (Å²) in [6.45, 7) is 2.81. The van der Waals surface area contributed by atoms with Gasteiger partial charge in [0.05, 0.1) is 17.6 Å². The largest absolute Gasteiger partial charge is 0.488 e. The summed E-state index contributed by atoms with van der Waals surface area (Å²) in [6.07, 6.45) is 1.03. The van der Waals surface area contributed by atoms with E-state index in [4.69, 9.17) is 10.5 Å². The molecule has 106 valence electrons. The second-order valence-electron chi connectivity index (χ2n) is 5.57. The van der Waals surface area contributed by atoms with Crippen LogP contribution in [0, 0.1) is 6.92 Å². The fraction of sp³-hybridized carbons (Fsp3) is 0.235. The number of nitrogens with zero attached hydrogens (tertiary/aromatic N) is 2. The molecular weight excluding hydrogens is 262 g/mol. The Hall–Kier alpha value is -2.49. The van der Waals surface area contributed by atoms with Gasteiger partial charge in [-0.3, -0.25) is 0 Å². The van der Waals surface area contributed by atoms with Crippen LogP contribution in [0.5, 0.6) is 5.75 Å². The third-order valence-corrected chi connectivity index (χ3v) is 4.10. The second kappa shape index (κ2) is 4.52. The number of imidazole rings is 1. The molecule has 2 aromatic carbocycles. The molecule has 0 aliphatic carbocycles. The Labute approximate surface area is 123 Å². The molecule has 0 bridgehead atoms. The molecule has 1 unspecified atom stereocenters. The summed E-state index contributed by atoms with van der Waals surface area (Å²) in [7, 11) is 0. The molecule has 3 aromatic rings. The molecule has 0 saturated heterocycles. The summed E-state index contributed by atoms with van der Waals surface area (Å²) in [4.78, 5) is 4.45. The van der Waals surface area contributed by atoms with Gasteiger partial charge in [-0.1, -0.05) is 30.3 Å². The van der Waals surface area contributed by atoms with Crippen LogP contribution in [-0.2, 0) is 13.0 Å². The molecule has 0 spiro atoms. The van der Waals surface area contributed by atoms with Crippen molar-refractivity contribution in [2.45, 2.75) is 26.0 Å². The normalized spacial score (nSPS) is 16.9. The minimum absolute atomic E-state index is 0.113. The van der Waals surface area contributed by atoms with E-state index in [0.29, 0.717) is 5.95 Å². The zero-order chi connectivity index (χ0) is 14.4. The highest BCUT2D eigenvalue weighted by Gasteiger charge is 2.24. The van der Waals surface area contributed by atoms with Gasteiger partial charge < -0.3 is 15.0 Å². The fourth-order valence-corrected chi connectivity index (χ4v) is 3.13. The lowest BCUT2D eigenvalue weighted by Crippen LogP contribution is -2.22. The molecule has 2 N–H and O–H groups in total. The highest BCUT2D eigenvalue weighted by molar-refractivity contribution is 5.81. The first kappa shape index (κ1) is 12.3. The lowest BCUT2D eigenvalue weighted by atomic mass is 10.1.